The van der Waals surface area contributed by atoms with Crippen molar-refractivity contribution < 1.29 is 0 Å². The van der Waals surface area contributed by atoms with Gasteiger partial charge in [0, 0.05) is 48.6 Å². The van der Waals surface area contributed by atoms with E-state index in [0.29, 0.717) is 5.92 Å². The zero-order valence-electron chi connectivity index (χ0n) is 27.4. The maximum Gasteiger partial charge on any atom is 0.159 e. The maximum absolute atomic E-state index is 5.12. The Morgan fingerprint density at radius 1 is 0.680 bits per heavy atom. The molecule has 3 unspecified atom stereocenters. The lowest BCUT2D eigenvalue weighted by molar-refractivity contribution is 0.573. The minimum atomic E-state index is -0.236. The van der Waals surface area contributed by atoms with Crippen LogP contribution in [0.15, 0.2) is 168 Å². The number of hydrogen-bond donors (Lipinski definition) is 1. The first-order valence-electron chi connectivity index (χ1n) is 17.4. The molecule has 3 atom stereocenters. The quantitative estimate of drug-likeness (QED) is 0.186. The van der Waals surface area contributed by atoms with Crippen molar-refractivity contribution in [3.05, 3.63) is 180 Å². The lowest BCUT2D eigenvalue weighted by Gasteiger charge is -2.31. The number of amidine groups is 2. The monoisotopic (exact) mass is 662 g/mol. The van der Waals surface area contributed by atoms with Gasteiger partial charge in [-0.15, -0.1) is 11.3 Å². The van der Waals surface area contributed by atoms with Crippen molar-refractivity contribution in [2.24, 2.45) is 9.98 Å². The summed E-state index contributed by atoms with van der Waals surface area (Å²) in [5, 5.41) is 6.33. The first-order chi connectivity index (χ1) is 24.8. The fourth-order valence-corrected chi connectivity index (χ4v) is 9.26. The van der Waals surface area contributed by atoms with Gasteiger partial charge in [0.1, 0.15) is 12.0 Å². The van der Waals surface area contributed by atoms with Crippen LogP contribution < -0.4 is 10.2 Å². The molecular weight excluding hydrogens is 629 g/mol. The molecular formula is C45H34N4S. The van der Waals surface area contributed by atoms with Gasteiger partial charge in [-0.1, -0.05) is 133 Å². The van der Waals surface area contributed by atoms with Gasteiger partial charge < -0.3 is 10.2 Å². The number of rotatable bonds is 5. The van der Waals surface area contributed by atoms with Gasteiger partial charge in [0.05, 0.1) is 6.04 Å². The van der Waals surface area contributed by atoms with E-state index in [1.54, 1.807) is 0 Å². The predicted molar refractivity (Wildman–Crippen MR) is 210 cm³/mol. The van der Waals surface area contributed by atoms with Crippen LogP contribution in [0.25, 0.3) is 31.3 Å². The number of allylic oxidation sites excluding steroid dienone is 1. The predicted octanol–water partition coefficient (Wildman–Crippen LogP) is 11.2. The summed E-state index contributed by atoms with van der Waals surface area (Å²) < 4.78 is 2.68. The lowest BCUT2D eigenvalue weighted by Crippen LogP contribution is -2.34. The van der Waals surface area contributed by atoms with Gasteiger partial charge in [-0.2, -0.15) is 0 Å². The molecule has 0 radical (unpaired) electrons. The van der Waals surface area contributed by atoms with E-state index in [1.807, 2.05) is 35.6 Å². The highest BCUT2D eigenvalue weighted by atomic mass is 32.1. The van der Waals surface area contributed by atoms with Crippen molar-refractivity contribution >= 4 is 54.6 Å². The molecule has 50 heavy (non-hydrogen) atoms. The molecule has 10 rings (SSSR count). The van der Waals surface area contributed by atoms with E-state index in [4.69, 9.17) is 9.98 Å². The third-order valence-electron chi connectivity index (χ3n) is 10.4. The topological polar surface area (TPSA) is 40.0 Å². The van der Waals surface area contributed by atoms with Gasteiger partial charge in [0.25, 0.3) is 0 Å². The molecule has 0 saturated carbocycles. The third kappa shape index (κ3) is 4.88. The largest absolute Gasteiger partial charge is 0.344 e. The van der Waals surface area contributed by atoms with Crippen LogP contribution in [0.4, 0.5) is 11.4 Å². The van der Waals surface area contributed by atoms with Gasteiger partial charge >= 0.3 is 0 Å². The van der Waals surface area contributed by atoms with E-state index in [-0.39, 0.29) is 12.2 Å². The van der Waals surface area contributed by atoms with Crippen molar-refractivity contribution in [2.75, 3.05) is 4.90 Å². The molecule has 0 amide bonds. The van der Waals surface area contributed by atoms with E-state index >= 15 is 0 Å². The summed E-state index contributed by atoms with van der Waals surface area (Å²) in [5.41, 5.74) is 9.62. The van der Waals surface area contributed by atoms with E-state index < -0.39 is 0 Å². The Kier molecular flexibility index (Phi) is 6.98. The molecule has 6 aromatic carbocycles. The molecule has 3 heterocycles. The second kappa shape index (κ2) is 12.0. The summed E-state index contributed by atoms with van der Waals surface area (Å²) in [5.74, 6) is 2.02. The fourth-order valence-electron chi connectivity index (χ4n) is 8.02. The Labute approximate surface area is 295 Å². The zero-order chi connectivity index (χ0) is 33.0. The Balaban J connectivity index is 1.08. The van der Waals surface area contributed by atoms with Crippen molar-refractivity contribution in [3.63, 3.8) is 0 Å². The van der Waals surface area contributed by atoms with Crippen LogP contribution in [-0.4, -0.2) is 17.7 Å². The SMILES string of the molecule is C1=CC2C(CC1)c1ccc(-c3cccc4c3sc3ccccc34)cc1N2c1cccc(C2=NC(c3ccccc3)=NC(c3ccccc3)N2)c1. The van der Waals surface area contributed by atoms with Crippen LogP contribution in [0.5, 0.6) is 0 Å². The summed E-state index contributed by atoms with van der Waals surface area (Å²) in [7, 11) is 0. The fraction of sp³-hybridized carbons (Fsp3) is 0.111. The molecule has 7 aromatic rings. The average Bonchev–Trinajstić information content (AvgIpc) is 3.74. The van der Waals surface area contributed by atoms with Gasteiger partial charge in [-0.05, 0) is 59.4 Å². The molecule has 0 saturated heterocycles. The molecule has 5 heteroatoms. The highest BCUT2D eigenvalue weighted by Crippen LogP contribution is 2.51. The Morgan fingerprint density at radius 2 is 1.46 bits per heavy atom. The van der Waals surface area contributed by atoms with Gasteiger partial charge in [0.2, 0.25) is 0 Å². The normalized spacial score (nSPS) is 19.5. The molecule has 4 nitrogen and oxygen atoms in total. The number of anilines is 2. The minimum absolute atomic E-state index is 0.236. The lowest BCUT2D eigenvalue weighted by atomic mass is 9.86. The van der Waals surface area contributed by atoms with E-state index in [2.05, 4.69) is 144 Å². The van der Waals surface area contributed by atoms with Gasteiger partial charge in [-0.3, -0.25) is 0 Å². The van der Waals surface area contributed by atoms with E-state index in [0.717, 1.165) is 41.2 Å². The molecule has 3 aliphatic rings. The van der Waals surface area contributed by atoms with Crippen LogP contribution in [-0.2, 0) is 0 Å². The second-order valence-electron chi connectivity index (χ2n) is 13.3. The van der Waals surface area contributed by atoms with Crippen LogP contribution in [0.3, 0.4) is 0 Å². The van der Waals surface area contributed by atoms with E-state index in [9.17, 15) is 0 Å². The average molecular weight is 663 g/mol. The van der Waals surface area contributed by atoms with Crippen molar-refractivity contribution in [3.8, 4) is 11.1 Å². The molecule has 240 valence electrons. The summed E-state index contributed by atoms with van der Waals surface area (Å²) in [6.45, 7) is 0. The molecule has 0 spiro atoms. The van der Waals surface area contributed by atoms with Crippen LogP contribution in [0.1, 0.15) is 47.2 Å². The molecule has 1 aliphatic carbocycles. The highest BCUT2D eigenvalue weighted by Gasteiger charge is 2.39. The number of nitrogens with zero attached hydrogens (tertiary/aromatic N) is 3. The van der Waals surface area contributed by atoms with Crippen molar-refractivity contribution in [2.45, 2.75) is 31.0 Å². The number of thiophene rings is 1. The number of hydrogen-bond acceptors (Lipinski definition) is 5. The number of fused-ring (bicyclic) bond motifs is 6. The smallest absolute Gasteiger partial charge is 0.159 e. The highest BCUT2D eigenvalue weighted by molar-refractivity contribution is 7.26. The van der Waals surface area contributed by atoms with Gasteiger partial charge in [0.15, 0.2) is 5.84 Å². The van der Waals surface area contributed by atoms with Crippen LogP contribution in [0, 0.1) is 0 Å². The number of aliphatic imine (C=N–C) groups is 2. The number of nitrogens with one attached hydrogen (secondary N) is 1. The first kappa shape index (κ1) is 29.2. The Bertz CT molecular complexity index is 2490. The van der Waals surface area contributed by atoms with Crippen molar-refractivity contribution in [1.29, 1.82) is 0 Å². The summed E-state index contributed by atoms with van der Waals surface area (Å²) in [4.78, 5) is 12.7. The zero-order valence-corrected chi connectivity index (χ0v) is 28.2. The van der Waals surface area contributed by atoms with Crippen molar-refractivity contribution in [1.82, 2.24) is 5.32 Å². The standard InChI is InChI=1S/C45H34N4S/c1-3-13-29(14-4-1)43-46-44(30-15-5-2-6-16-30)48-45(47-43)32-17-11-18-33(27-32)49-39-23-9-7-19-35(39)36-26-25-31(28-40(36)49)34-21-12-22-38-37-20-8-10-24-41(37)50-42(34)38/h1-6,8-18,20-28,35,39,43H,7,19H2,(H,46,47,48). The first-order valence-corrected chi connectivity index (χ1v) is 18.2. The third-order valence-corrected chi connectivity index (χ3v) is 11.6. The molecule has 0 bridgehead atoms. The minimum Gasteiger partial charge on any atom is -0.344 e. The second-order valence-corrected chi connectivity index (χ2v) is 14.4. The molecule has 2 aliphatic heterocycles. The summed E-state index contributed by atoms with van der Waals surface area (Å²) >= 11 is 1.89. The molecule has 1 aromatic heterocycles. The number of benzene rings is 6. The van der Waals surface area contributed by atoms with Gasteiger partial charge in [-0.25, -0.2) is 9.98 Å². The Hall–Kier alpha value is -5.78. The van der Waals surface area contributed by atoms with Crippen LogP contribution in [0.2, 0.25) is 0 Å². The Morgan fingerprint density at radius 3 is 2.36 bits per heavy atom. The van der Waals surface area contributed by atoms with Crippen LogP contribution >= 0.6 is 11.3 Å². The summed E-state index contributed by atoms with van der Waals surface area (Å²) in [6.07, 6.45) is 6.82. The maximum atomic E-state index is 5.12. The van der Waals surface area contributed by atoms with E-state index in [1.165, 1.54) is 48.2 Å². The molecule has 1 N–H and O–H groups in total. The molecule has 0 fully saturated rings. The summed E-state index contributed by atoms with van der Waals surface area (Å²) in [6, 6.07) is 52.6.